The lowest BCUT2D eigenvalue weighted by Crippen LogP contribution is -2.36. The molecule has 7 heteroatoms. The number of rotatable bonds is 3. The molecule has 1 aliphatic heterocycles. The molecule has 0 spiro atoms. The monoisotopic (exact) mass is 344 g/mol. The van der Waals surface area contributed by atoms with E-state index in [0.29, 0.717) is 24.0 Å². The van der Waals surface area contributed by atoms with Crippen LogP contribution in [0.15, 0.2) is 18.3 Å². The largest absolute Gasteiger partial charge is 0.444 e. The highest BCUT2D eigenvalue weighted by atomic mass is 35.5. The summed E-state index contributed by atoms with van der Waals surface area (Å²) in [7, 11) is -1.05. The highest BCUT2D eigenvalue weighted by molar-refractivity contribution is 7.84. The van der Waals surface area contributed by atoms with Gasteiger partial charge in [0, 0.05) is 30.1 Å². The average Bonchev–Trinajstić information content (AvgIpc) is 2.89. The van der Waals surface area contributed by atoms with Gasteiger partial charge in [0.15, 0.2) is 0 Å². The molecule has 0 saturated carbocycles. The summed E-state index contributed by atoms with van der Waals surface area (Å²) in [5.74, 6) is 0.428. The first-order valence-electron chi connectivity index (χ1n) is 7.20. The van der Waals surface area contributed by atoms with Gasteiger partial charge in [-0.05, 0) is 38.8 Å². The number of halogens is 1. The number of likely N-dealkylation sites (tertiary alicyclic amines) is 1. The average molecular weight is 345 g/mol. The molecule has 122 valence electrons. The van der Waals surface area contributed by atoms with Crippen LogP contribution >= 0.6 is 11.6 Å². The van der Waals surface area contributed by atoms with Crippen molar-refractivity contribution in [2.75, 3.05) is 13.1 Å². The van der Waals surface area contributed by atoms with Crippen LogP contribution in [0, 0.1) is 0 Å². The molecule has 1 aromatic heterocycles. The SMILES string of the molecule is CC(C)(C)OC(=O)N1CC[C@@H](S(=O)Cc2ccc(Cl)nc2)C1. The van der Waals surface area contributed by atoms with E-state index in [-0.39, 0.29) is 11.3 Å². The highest BCUT2D eigenvalue weighted by Gasteiger charge is 2.32. The van der Waals surface area contributed by atoms with Crippen molar-refractivity contribution in [2.24, 2.45) is 0 Å². The molecule has 0 radical (unpaired) electrons. The topological polar surface area (TPSA) is 59.5 Å². The van der Waals surface area contributed by atoms with Crippen molar-refractivity contribution in [1.82, 2.24) is 9.88 Å². The summed E-state index contributed by atoms with van der Waals surface area (Å²) in [6.45, 7) is 6.57. The number of hydrogen-bond donors (Lipinski definition) is 0. The third-order valence-corrected chi connectivity index (χ3v) is 5.24. The molecule has 0 aliphatic carbocycles. The van der Waals surface area contributed by atoms with Crippen LogP contribution in [-0.4, -0.2) is 44.1 Å². The van der Waals surface area contributed by atoms with Crippen molar-refractivity contribution < 1.29 is 13.7 Å². The fourth-order valence-electron chi connectivity index (χ4n) is 2.21. The first kappa shape index (κ1) is 17.2. The molecule has 2 rings (SSSR count). The van der Waals surface area contributed by atoms with Crippen LogP contribution in [-0.2, 0) is 21.3 Å². The summed E-state index contributed by atoms with van der Waals surface area (Å²) in [4.78, 5) is 17.6. The zero-order valence-corrected chi connectivity index (χ0v) is 14.6. The standard InChI is InChI=1S/C15H21ClN2O3S/c1-15(2,3)21-14(19)18-7-6-12(9-18)22(20)10-11-4-5-13(16)17-8-11/h4-5,8,12H,6-7,9-10H2,1-3H3/t12-,22?/m1/s1. The minimum absolute atomic E-state index is 0.0248. The third-order valence-electron chi connectivity index (χ3n) is 3.27. The Balaban J connectivity index is 1.88. The number of nitrogens with zero attached hydrogens (tertiary/aromatic N) is 2. The highest BCUT2D eigenvalue weighted by Crippen LogP contribution is 2.20. The first-order valence-corrected chi connectivity index (χ1v) is 8.96. The molecule has 1 amide bonds. The van der Waals surface area contributed by atoms with E-state index >= 15 is 0 Å². The van der Waals surface area contributed by atoms with E-state index in [1.165, 1.54) is 0 Å². The van der Waals surface area contributed by atoms with Crippen LogP contribution < -0.4 is 0 Å². The Kier molecular flexibility index (Phi) is 5.45. The second kappa shape index (κ2) is 6.96. The number of amides is 1. The maximum absolute atomic E-state index is 12.4. The normalized spacial score (nSPS) is 20.0. The Morgan fingerprint density at radius 1 is 1.50 bits per heavy atom. The summed E-state index contributed by atoms with van der Waals surface area (Å²) >= 11 is 5.74. The van der Waals surface area contributed by atoms with Gasteiger partial charge in [-0.15, -0.1) is 0 Å². The van der Waals surface area contributed by atoms with Crippen LogP contribution in [0.25, 0.3) is 0 Å². The maximum atomic E-state index is 12.4. The predicted octanol–water partition coefficient (Wildman–Crippen LogP) is 2.99. The van der Waals surface area contributed by atoms with Gasteiger partial charge in [-0.2, -0.15) is 0 Å². The molecule has 1 saturated heterocycles. The van der Waals surface area contributed by atoms with E-state index < -0.39 is 16.4 Å². The van der Waals surface area contributed by atoms with Crippen molar-refractivity contribution in [3.63, 3.8) is 0 Å². The quantitative estimate of drug-likeness (QED) is 0.791. The first-order chi connectivity index (χ1) is 10.2. The van der Waals surface area contributed by atoms with Crippen molar-refractivity contribution in [1.29, 1.82) is 0 Å². The summed E-state index contributed by atoms with van der Waals surface area (Å²) in [6, 6.07) is 3.52. The van der Waals surface area contributed by atoms with E-state index in [4.69, 9.17) is 16.3 Å². The van der Waals surface area contributed by atoms with Gasteiger partial charge in [0.2, 0.25) is 0 Å². The van der Waals surface area contributed by atoms with E-state index in [2.05, 4.69) is 4.98 Å². The summed E-state index contributed by atoms with van der Waals surface area (Å²) in [5, 5.41) is 0.398. The second-order valence-corrected chi connectivity index (χ2v) is 8.46. The van der Waals surface area contributed by atoms with Crippen LogP contribution in [0.1, 0.15) is 32.8 Å². The number of carbonyl (C=O) groups is 1. The molecule has 1 aliphatic rings. The fraction of sp³-hybridized carbons (Fsp3) is 0.600. The molecular formula is C15H21ClN2O3S. The lowest BCUT2D eigenvalue weighted by molar-refractivity contribution is 0.0295. The molecule has 5 nitrogen and oxygen atoms in total. The molecular weight excluding hydrogens is 324 g/mol. The zero-order chi connectivity index (χ0) is 16.3. The Morgan fingerprint density at radius 3 is 2.82 bits per heavy atom. The van der Waals surface area contributed by atoms with E-state index in [9.17, 15) is 9.00 Å². The number of ether oxygens (including phenoxy) is 1. The molecule has 2 atom stereocenters. The minimum Gasteiger partial charge on any atom is -0.444 e. The van der Waals surface area contributed by atoms with Gasteiger partial charge >= 0.3 is 6.09 Å². The number of hydrogen-bond acceptors (Lipinski definition) is 4. The van der Waals surface area contributed by atoms with Crippen molar-refractivity contribution >= 4 is 28.5 Å². The van der Waals surface area contributed by atoms with Crippen molar-refractivity contribution in [3.8, 4) is 0 Å². The third kappa shape index (κ3) is 4.95. The van der Waals surface area contributed by atoms with Crippen LogP contribution in [0.4, 0.5) is 4.79 Å². The molecule has 2 heterocycles. The minimum atomic E-state index is -1.05. The van der Waals surface area contributed by atoms with Crippen LogP contribution in [0.3, 0.4) is 0 Å². The summed E-state index contributed by atoms with van der Waals surface area (Å²) < 4.78 is 17.8. The Labute approximate surface area is 138 Å². The predicted molar refractivity (Wildman–Crippen MR) is 87.3 cm³/mol. The smallest absolute Gasteiger partial charge is 0.410 e. The van der Waals surface area contributed by atoms with Gasteiger partial charge in [0.1, 0.15) is 10.8 Å². The van der Waals surface area contributed by atoms with E-state index in [0.717, 1.165) is 12.0 Å². The van der Waals surface area contributed by atoms with Gasteiger partial charge in [-0.25, -0.2) is 9.78 Å². The van der Waals surface area contributed by atoms with Gasteiger partial charge < -0.3 is 9.64 Å². The molecule has 0 aromatic carbocycles. The summed E-state index contributed by atoms with van der Waals surface area (Å²) in [5.41, 5.74) is 0.377. The lowest BCUT2D eigenvalue weighted by Gasteiger charge is -2.24. The van der Waals surface area contributed by atoms with E-state index in [1.54, 1.807) is 17.2 Å². The molecule has 0 N–H and O–H groups in total. The lowest BCUT2D eigenvalue weighted by atomic mass is 10.2. The molecule has 1 aromatic rings. The Bertz CT molecular complexity index is 557. The zero-order valence-electron chi connectivity index (χ0n) is 13.0. The van der Waals surface area contributed by atoms with Crippen molar-refractivity contribution in [3.05, 3.63) is 29.0 Å². The maximum Gasteiger partial charge on any atom is 0.410 e. The van der Waals surface area contributed by atoms with Gasteiger partial charge in [0.05, 0.1) is 11.0 Å². The Morgan fingerprint density at radius 2 is 2.23 bits per heavy atom. The number of pyridine rings is 1. The number of aromatic nitrogens is 1. The molecule has 1 unspecified atom stereocenters. The van der Waals surface area contributed by atoms with Crippen LogP contribution in [0.2, 0.25) is 5.15 Å². The molecule has 22 heavy (non-hydrogen) atoms. The second-order valence-electron chi connectivity index (χ2n) is 6.35. The van der Waals surface area contributed by atoms with Gasteiger partial charge in [0.25, 0.3) is 0 Å². The molecule has 0 bridgehead atoms. The van der Waals surface area contributed by atoms with Crippen LogP contribution in [0.5, 0.6) is 0 Å². The van der Waals surface area contributed by atoms with Gasteiger partial charge in [-0.1, -0.05) is 17.7 Å². The van der Waals surface area contributed by atoms with Crippen molar-refractivity contribution in [2.45, 2.75) is 43.8 Å². The Hall–Kier alpha value is -1.14. The summed E-state index contributed by atoms with van der Waals surface area (Å²) in [6.07, 6.45) is 2.04. The fourth-order valence-corrected chi connectivity index (χ4v) is 3.77. The molecule has 1 fully saturated rings. The van der Waals surface area contributed by atoms with E-state index in [1.807, 2.05) is 26.8 Å². The number of carbonyl (C=O) groups excluding carboxylic acids is 1. The van der Waals surface area contributed by atoms with Gasteiger partial charge in [-0.3, -0.25) is 4.21 Å².